The summed E-state index contributed by atoms with van der Waals surface area (Å²) in [4.78, 5) is 101. The van der Waals surface area contributed by atoms with E-state index in [-0.39, 0.29) is 90.8 Å². The molecule has 71 heavy (non-hydrogen) atoms. The quantitative estimate of drug-likeness (QED) is 0.0779. The number of hydrogen-bond donors (Lipinski definition) is 6. The van der Waals surface area contributed by atoms with Crippen LogP contribution in [-0.4, -0.2) is 114 Å². The van der Waals surface area contributed by atoms with Crippen LogP contribution in [0.1, 0.15) is 136 Å². The number of benzene rings is 3. The Balaban J connectivity index is 1.17. The molecule has 0 bridgehead atoms. The Morgan fingerprint density at radius 2 is 1.21 bits per heavy atom. The monoisotopic (exact) mass is 973 g/mol. The maximum atomic E-state index is 14.7. The van der Waals surface area contributed by atoms with Crippen molar-refractivity contribution in [3.8, 4) is 0 Å². The van der Waals surface area contributed by atoms with Gasteiger partial charge in [-0.05, 0) is 114 Å². The van der Waals surface area contributed by atoms with Crippen LogP contribution < -0.4 is 31.9 Å². The predicted octanol–water partition coefficient (Wildman–Crippen LogP) is 5.58. The summed E-state index contributed by atoms with van der Waals surface area (Å²) < 4.78 is 0. The summed E-state index contributed by atoms with van der Waals surface area (Å²) in [6.07, 6.45) is 3.35. The maximum Gasteiger partial charge on any atom is 0.246 e. The van der Waals surface area contributed by atoms with Crippen LogP contribution in [0.25, 0.3) is 0 Å². The highest BCUT2D eigenvalue weighted by atomic mass is 16.2. The lowest BCUT2D eigenvalue weighted by Crippen LogP contribution is -2.59. The molecule has 10 atom stereocenters. The van der Waals surface area contributed by atoms with Crippen LogP contribution in [0.2, 0.25) is 0 Å². The molecule has 0 spiro atoms. The van der Waals surface area contributed by atoms with E-state index in [1.807, 2.05) is 88.0 Å². The fourth-order valence-electron chi connectivity index (χ4n) is 10.1. The minimum atomic E-state index is -0.947. The molecule has 2 heterocycles. The molecule has 2 saturated heterocycles. The molecule has 6 rings (SSSR count). The minimum absolute atomic E-state index is 0.0283. The van der Waals surface area contributed by atoms with E-state index in [2.05, 4.69) is 44.5 Å². The molecule has 1 aliphatic carbocycles. The lowest BCUT2D eigenvalue weighted by Gasteiger charge is -2.36. The molecule has 3 aromatic rings. The third kappa shape index (κ3) is 13.4. The minimum Gasteiger partial charge on any atom is -0.361 e. The maximum absolute atomic E-state index is 14.7. The molecule has 5 amide bonds. The Bertz CT molecular complexity index is 2440. The first-order valence-corrected chi connectivity index (χ1v) is 25.3. The molecular formula is C56H76N8O7. The Morgan fingerprint density at radius 1 is 0.662 bits per heavy atom. The molecule has 6 N–H and O–H groups in total. The van der Waals surface area contributed by atoms with Crippen LogP contribution in [0.15, 0.2) is 91.1 Å². The van der Waals surface area contributed by atoms with Gasteiger partial charge >= 0.3 is 0 Å². The SMILES string of the molecule is C=C([C@H](C)NC(=O)[C@H](C)NC)N1C[C@@H](CC(=O)c2cccc(C(=O)C[C@H]3C[C@@H](C(=O)N[C@@H]4CCCc5ccccc54)N(C(=O)[C@@H](NC(=O)[C@H](C)NC)C(C)(C)C)C3)c2)C[C@H]1C(=O)N[C@H](C)c1ccccc1. The van der Waals surface area contributed by atoms with E-state index in [1.54, 1.807) is 57.1 Å². The average Bonchev–Trinajstić information content (AvgIpc) is 3.99. The van der Waals surface area contributed by atoms with Gasteiger partial charge in [0.2, 0.25) is 29.5 Å². The first-order chi connectivity index (χ1) is 33.7. The van der Waals surface area contributed by atoms with Crippen LogP contribution >= 0.6 is 0 Å². The number of carbonyl (C=O) groups excluding carboxylic acids is 7. The molecular weight excluding hydrogens is 897 g/mol. The fourth-order valence-corrected chi connectivity index (χ4v) is 10.1. The molecule has 0 aromatic heterocycles. The molecule has 382 valence electrons. The normalized spacial score (nSPS) is 22.0. The van der Waals surface area contributed by atoms with Crippen molar-refractivity contribution >= 4 is 41.1 Å². The van der Waals surface area contributed by atoms with Crippen molar-refractivity contribution in [2.75, 3.05) is 27.2 Å². The van der Waals surface area contributed by atoms with E-state index in [0.29, 0.717) is 29.8 Å². The van der Waals surface area contributed by atoms with E-state index in [4.69, 9.17) is 0 Å². The number of aryl methyl sites for hydroxylation is 1. The van der Waals surface area contributed by atoms with E-state index >= 15 is 0 Å². The third-order valence-electron chi connectivity index (χ3n) is 14.7. The second kappa shape index (κ2) is 23.8. The van der Waals surface area contributed by atoms with Crippen LogP contribution in [0, 0.1) is 17.3 Å². The van der Waals surface area contributed by atoms with Gasteiger partial charge in [0.05, 0.1) is 30.2 Å². The van der Waals surface area contributed by atoms with Gasteiger partial charge in [-0.2, -0.15) is 0 Å². The summed E-state index contributed by atoms with van der Waals surface area (Å²) in [5.74, 6) is -2.47. The smallest absolute Gasteiger partial charge is 0.246 e. The Hall–Kier alpha value is -6.19. The molecule has 0 unspecified atom stereocenters. The largest absolute Gasteiger partial charge is 0.361 e. The lowest BCUT2D eigenvalue weighted by molar-refractivity contribution is -0.144. The van der Waals surface area contributed by atoms with Crippen LogP contribution in [0.4, 0.5) is 0 Å². The van der Waals surface area contributed by atoms with Crippen LogP contribution in [0.5, 0.6) is 0 Å². The van der Waals surface area contributed by atoms with Crippen molar-refractivity contribution < 1.29 is 33.6 Å². The number of Topliss-reactive ketones (excluding diaryl/α,β-unsaturated/α-hetero) is 2. The number of carbonyl (C=O) groups is 7. The number of nitrogens with zero attached hydrogens (tertiary/aromatic N) is 2. The van der Waals surface area contributed by atoms with Gasteiger partial charge in [-0.1, -0.05) is 100 Å². The predicted molar refractivity (Wildman–Crippen MR) is 275 cm³/mol. The summed E-state index contributed by atoms with van der Waals surface area (Å²) in [6, 6.07) is 19.9. The van der Waals surface area contributed by atoms with Crippen molar-refractivity contribution in [2.24, 2.45) is 17.3 Å². The number of rotatable bonds is 20. The van der Waals surface area contributed by atoms with Crippen molar-refractivity contribution in [3.63, 3.8) is 0 Å². The number of nitrogens with one attached hydrogen (secondary N) is 6. The zero-order valence-corrected chi connectivity index (χ0v) is 43.1. The van der Waals surface area contributed by atoms with Crippen molar-refractivity contribution in [2.45, 2.75) is 142 Å². The summed E-state index contributed by atoms with van der Waals surface area (Å²) in [7, 11) is 3.37. The zero-order chi connectivity index (χ0) is 51.7. The Kier molecular flexibility index (Phi) is 18.2. The van der Waals surface area contributed by atoms with Gasteiger partial charge in [0, 0.05) is 42.8 Å². The molecule has 0 radical (unpaired) electrons. The Labute approximate surface area is 420 Å². The Morgan fingerprint density at radius 3 is 1.80 bits per heavy atom. The molecule has 3 aromatic carbocycles. The highest BCUT2D eigenvalue weighted by molar-refractivity contribution is 6.02. The summed E-state index contributed by atoms with van der Waals surface area (Å²) in [6.45, 7) is 17.6. The highest BCUT2D eigenvalue weighted by Gasteiger charge is 2.46. The number of hydrogen-bond acceptors (Lipinski definition) is 10. The summed E-state index contributed by atoms with van der Waals surface area (Å²) in [5.41, 5.74) is 3.76. The van der Waals surface area contributed by atoms with Gasteiger partial charge in [-0.3, -0.25) is 33.6 Å². The topological polar surface area (TPSA) is 198 Å². The van der Waals surface area contributed by atoms with Gasteiger partial charge < -0.3 is 41.7 Å². The first kappa shape index (κ1) is 54.1. The second-order valence-corrected chi connectivity index (χ2v) is 21.1. The van der Waals surface area contributed by atoms with Crippen LogP contribution in [0.3, 0.4) is 0 Å². The van der Waals surface area contributed by atoms with Crippen molar-refractivity contribution in [1.82, 2.24) is 41.7 Å². The number of fused-ring (bicyclic) bond motifs is 1. The van der Waals surface area contributed by atoms with E-state index < -0.39 is 41.7 Å². The molecule has 3 aliphatic rings. The molecule has 15 heteroatoms. The standard InChI is InChI=1S/C56H76N8O7/c1-33(59-51(67)35(3)57-9)37(5)63-31-38(26-46(63)53(69)60-34(2)40-18-12-11-13-19-40)28-48(65)42-22-16-23-43(30-42)49(66)29-39-27-47(54(70)61-45-25-17-21-41-20-14-15-24-44(41)45)64(32-39)55(71)50(56(6,7)8)62-52(68)36(4)58-10/h11-16,18-20,22-24,30,33-36,38-39,45-47,50,57-58H,5,17,21,25-29,31-32H2,1-4,6-10H3,(H,59,67)(H,60,69)(H,61,70)(H,62,68)/t33-,34+,35-,36-,38+,39+,45+,46-,47-,50+/m0/s1. The lowest BCUT2D eigenvalue weighted by atomic mass is 9.85. The fraction of sp³-hybridized carbons (Fsp3) is 0.518. The van der Waals surface area contributed by atoms with Gasteiger partial charge in [-0.25, -0.2) is 0 Å². The first-order valence-electron chi connectivity index (χ1n) is 25.3. The van der Waals surface area contributed by atoms with Gasteiger partial charge in [0.15, 0.2) is 11.6 Å². The number of likely N-dealkylation sites (tertiary alicyclic amines) is 2. The van der Waals surface area contributed by atoms with E-state index in [9.17, 15) is 33.6 Å². The number of amides is 5. The highest BCUT2D eigenvalue weighted by Crippen LogP contribution is 2.35. The van der Waals surface area contributed by atoms with Crippen LogP contribution in [-0.2, 0) is 30.4 Å². The number of ketones is 2. The van der Waals surface area contributed by atoms with Gasteiger partial charge in [0.25, 0.3) is 0 Å². The molecule has 2 fully saturated rings. The molecule has 15 nitrogen and oxygen atoms in total. The van der Waals surface area contributed by atoms with Crippen molar-refractivity contribution in [3.05, 3.63) is 119 Å². The summed E-state index contributed by atoms with van der Waals surface area (Å²) in [5, 5.41) is 18.2. The number of likely N-dealkylation sites (N-methyl/N-ethyl adjacent to an activating group) is 2. The molecule has 0 saturated carbocycles. The second-order valence-electron chi connectivity index (χ2n) is 21.1. The average molecular weight is 973 g/mol. The zero-order valence-electron chi connectivity index (χ0n) is 43.1. The van der Waals surface area contributed by atoms with E-state index in [1.165, 1.54) is 5.56 Å². The third-order valence-corrected chi connectivity index (χ3v) is 14.7. The van der Waals surface area contributed by atoms with E-state index in [0.717, 1.165) is 30.4 Å². The van der Waals surface area contributed by atoms with Gasteiger partial charge in [-0.15, -0.1) is 0 Å². The van der Waals surface area contributed by atoms with Crippen molar-refractivity contribution in [1.29, 1.82) is 0 Å². The molecule has 2 aliphatic heterocycles. The summed E-state index contributed by atoms with van der Waals surface area (Å²) >= 11 is 0. The van der Waals surface area contributed by atoms with Gasteiger partial charge in [0.1, 0.15) is 18.1 Å².